The minimum absolute atomic E-state index is 1.17. The number of hydrogen-bond acceptors (Lipinski definition) is 0. The lowest BCUT2D eigenvalue weighted by Crippen LogP contribution is -2.02. The van der Waals surface area contributed by atoms with Crippen LogP contribution >= 0.6 is 0 Å². The van der Waals surface area contributed by atoms with Gasteiger partial charge in [0.05, 0.1) is 5.39 Å². The fourth-order valence-electron chi connectivity index (χ4n) is 3.27. The second kappa shape index (κ2) is 3.83. The van der Waals surface area contributed by atoms with Gasteiger partial charge in [0, 0.05) is 38.6 Å². The first-order valence-electron chi connectivity index (χ1n) is 7.14. The zero-order valence-corrected chi connectivity index (χ0v) is 11.4. The summed E-state index contributed by atoms with van der Waals surface area (Å²) in [5.41, 5.74) is 3.55. The van der Waals surface area contributed by atoms with Crippen LogP contribution < -0.4 is 4.98 Å². The molecule has 2 aromatic heterocycles. The fourth-order valence-corrected chi connectivity index (χ4v) is 3.27. The van der Waals surface area contributed by atoms with E-state index in [1.807, 2.05) is 0 Å². The highest BCUT2D eigenvalue weighted by Gasteiger charge is 2.10. The summed E-state index contributed by atoms with van der Waals surface area (Å²) in [7, 11) is 0. The number of aromatic amines is 2. The van der Waals surface area contributed by atoms with Crippen LogP contribution in [0.1, 0.15) is 0 Å². The molecule has 0 spiro atoms. The molecule has 5 rings (SSSR count). The molecule has 0 saturated carbocycles. The lowest BCUT2D eigenvalue weighted by molar-refractivity contribution is -0.342. The van der Waals surface area contributed by atoms with Crippen molar-refractivity contribution < 1.29 is 4.98 Å². The van der Waals surface area contributed by atoms with Crippen LogP contribution in [0, 0.1) is 0 Å². The van der Waals surface area contributed by atoms with Crippen molar-refractivity contribution in [3.8, 4) is 0 Å². The summed E-state index contributed by atoms with van der Waals surface area (Å²) in [6, 6.07) is 21.4. The standard InChI is InChI=1S/C19H12N2/c1-3-7-17-13(5-1)15-10-19-16(9-12(15)11-20-17)14-6-2-4-8-18(14)21-19/h1-11,21H/p+1. The Bertz CT molecular complexity index is 1140. The molecule has 0 fully saturated rings. The van der Waals surface area contributed by atoms with E-state index in [1.54, 1.807) is 0 Å². The van der Waals surface area contributed by atoms with Crippen LogP contribution in [0.15, 0.2) is 66.9 Å². The predicted molar refractivity (Wildman–Crippen MR) is 87.4 cm³/mol. The third-order valence-electron chi connectivity index (χ3n) is 4.28. The van der Waals surface area contributed by atoms with Crippen molar-refractivity contribution in [2.45, 2.75) is 0 Å². The number of aromatic nitrogens is 2. The molecule has 2 N–H and O–H groups in total. The Morgan fingerprint density at radius 2 is 1.48 bits per heavy atom. The molecule has 2 nitrogen and oxygen atoms in total. The van der Waals surface area contributed by atoms with E-state index < -0.39 is 0 Å². The molecule has 0 aliphatic carbocycles. The summed E-state index contributed by atoms with van der Waals surface area (Å²) in [6.07, 6.45) is 2.10. The van der Waals surface area contributed by atoms with Crippen LogP contribution in [0.2, 0.25) is 0 Å². The molecule has 98 valence electrons. The van der Waals surface area contributed by atoms with Crippen molar-refractivity contribution in [2.75, 3.05) is 0 Å². The van der Waals surface area contributed by atoms with Crippen LogP contribution in [0.3, 0.4) is 0 Å². The number of H-pyrrole nitrogens is 2. The number of pyridine rings is 1. The molecule has 0 radical (unpaired) electrons. The summed E-state index contributed by atoms with van der Waals surface area (Å²) in [5.74, 6) is 0. The quantitative estimate of drug-likeness (QED) is 0.403. The highest BCUT2D eigenvalue weighted by Crippen LogP contribution is 2.31. The average molecular weight is 269 g/mol. The van der Waals surface area contributed by atoms with Gasteiger partial charge < -0.3 is 4.98 Å². The Balaban J connectivity index is 2.04. The molecular formula is C19H13N2+. The maximum absolute atomic E-state index is 3.52. The zero-order valence-electron chi connectivity index (χ0n) is 11.4. The minimum atomic E-state index is 1.17. The Hall–Kier alpha value is -2.87. The summed E-state index contributed by atoms with van der Waals surface area (Å²) >= 11 is 0. The smallest absolute Gasteiger partial charge is 0.211 e. The first-order valence-corrected chi connectivity index (χ1v) is 7.14. The van der Waals surface area contributed by atoms with Gasteiger partial charge in [-0.2, -0.15) is 0 Å². The molecule has 0 amide bonds. The first-order chi connectivity index (χ1) is 10.4. The monoisotopic (exact) mass is 269 g/mol. The van der Waals surface area contributed by atoms with Crippen molar-refractivity contribution in [1.82, 2.24) is 4.98 Å². The van der Waals surface area contributed by atoms with Gasteiger partial charge in [0.2, 0.25) is 5.52 Å². The number of para-hydroxylation sites is 2. The average Bonchev–Trinajstić information content (AvgIpc) is 2.90. The van der Waals surface area contributed by atoms with Crippen LogP contribution in [0.5, 0.6) is 0 Å². The van der Waals surface area contributed by atoms with Gasteiger partial charge in [-0.15, -0.1) is 0 Å². The number of benzene rings is 3. The van der Waals surface area contributed by atoms with Crippen LogP contribution in [-0.2, 0) is 0 Å². The van der Waals surface area contributed by atoms with Crippen LogP contribution in [-0.4, -0.2) is 4.98 Å². The molecule has 2 heterocycles. The van der Waals surface area contributed by atoms with Crippen molar-refractivity contribution in [1.29, 1.82) is 0 Å². The maximum Gasteiger partial charge on any atom is 0.211 e. The van der Waals surface area contributed by atoms with E-state index >= 15 is 0 Å². The Kier molecular flexibility index (Phi) is 1.98. The zero-order chi connectivity index (χ0) is 13.8. The predicted octanol–water partition coefficient (Wildman–Crippen LogP) is 4.44. The van der Waals surface area contributed by atoms with E-state index in [-0.39, 0.29) is 0 Å². The normalized spacial score (nSPS) is 11.8. The van der Waals surface area contributed by atoms with Gasteiger partial charge in [0.1, 0.15) is 0 Å². The number of rotatable bonds is 0. The SMILES string of the molecule is c1ccc2c(c1)[nH]c1cc3c(c[nH+]c4ccccc43)cc12. The van der Waals surface area contributed by atoms with Crippen molar-refractivity contribution >= 4 is 43.5 Å². The molecule has 0 aliphatic heterocycles. The molecule has 2 heteroatoms. The van der Waals surface area contributed by atoms with E-state index in [4.69, 9.17) is 0 Å². The number of nitrogens with one attached hydrogen (secondary N) is 2. The van der Waals surface area contributed by atoms with Crippen LogP contribution in [0.4, 0.5) is 0 Å². The second-order valence-electron chi connectivity index (χ2n) is 5.49. The molecule has 0 aliphatic rings. The van der Waals surface area contributed by atoms with Gasteiger partial charge in [-0.1, -0.05) is 30.3 Å². The largest absolute Gasteiger partial charge is 0.354 e. The lowest BCUT2D eigenvalue weighted by atomic mass is 10.0. The molecule has 0 unspecified atom stereocenters. The van der Waals surface area contributed by atoms with E-state index in [9.17, 15) is 0 Å². The molecule has 5 aromatic rings. The molecule has 0 atom stereocenters. The molecule has 0 bridgehead atoms. The van der Waals surface area contributed by atoms with Gasteiger partial charge in [-0.3, -0.25) is 0 Å². The molecular weight excluding hydrogens is 256 g/mol. The van der Waals surface area contributed by atoms with Gasteiger partial charge >= 0.3 is 0 Å². The molecule has 3 aromatic carbocycles. The van der Waals surface area contributed by atoms with E-state index in [0.717, 1.165) is 0 Å². The summed E-state index contributed by atoms with van der Waals surface area (Å²) in [6.45, 7) is 0. The van der Waals surface area contributed by atoms with Gasteiger partial charge in [0.25, 0.3) is 0 Å². The summed E-state index contributed by atoms with van der Waals surface area (Å²) in [4.78, 5) is 6.91. The summed E-state index contributed by atoms with van der Waals surface area (Å²) in [5, 5.41) is 6.34. The number of fused-ring (bicyclic) bond motifs is 6. The van der Waals surface area contributed by atoms with Crippen molar-refractivity contribution in [3.63, 3.8) is 0 Å². The maximum atomic E-state index is 3.52. The van der Waals surface area contributed by atoms with Crippen LogP contribution in [0.25, 0.3) is 43.5 Å². The minimum Gasteiger partial charge on any atom is -0.354 e. The third kappa shape index (κ3) is 1.44. The Labute approximate surface area is 121 Å². The highest BCUT2D eigenvalue weighted by atomic mass is 14.7. The van der Waals surface area contributed by atoms with Crippen molar-refractivity contribution in [2.24, 2.45) is 0 Å². The lowest BCUT2D eigenvalue weighted by Gasteiger charge is -2.00. The van der Waals surface area contributed by atoms with Crippen molar-refractivity contribution in [3.05, 3.63) is 66.9 Å². The Morgan fingerprint density at radius 3 is 2.43 bits per heavy atom. The van der Waals surface area contributed by atoms with Gasteiger partial charge in [-0.05, 0) is 24.3 Å². The second-order valence-corrected chi connectivity index (χ2v) is 5.49. The van der Waals surface area contributed by atoms with Gasteiger partial charge in [-0.25, -0.2) is 4.98 Å². The van der Waals surface area contributed by atoms with E-state index in [2.05, 4.69) is 76.8 Å². The topological polar surface area (TPSA) is 29.9 Å². The van der Waals surface area contributed by atoms with E-state index in [0.29, 0.717) is 0 Å². The third-order valence-corrected chi connectivity index (χ3v) is 4.28. The summed E-state index contributed by atoms with van der Waals surface area (Å²) < 4.78 is 0. The van der Waals surface area contributed by atoms with E-state index in [1.165, 1.54) is 43.5 Å². The number of hydrogen-bond donors (Lipinski definition) is 1. The highest BCUT2D eigenvalue weighted by molar-refractivity contribution is 6.15. The fraction of sp³-hybridized carbons (Fsp3) is 0. The molecule has 0 saturated heterocycles. The Morgan fingerprint density at radius 1 is 0.667 bits per heavy atom. The first kappa shape index (κ1) is 10.9. The molecule has 21 heavy (non-hydrogen) atoms. The van der Waals surface area contributed by atoms with Gasteiger partial charge in [0.15, 0.2) is 6.20 Å².